The Morgan fingerprint density at radius 1 is 1.09 bits per heavy atom. The molecular weight excluding hydrogens is 280 g/mol. The Labute approximate surface area is 125 Å². The molecule has 0 aliphatic rings. The largest absolute Gasteiger partial charge is 0.459 e. The molecule has 3 heterocycles. The van der Waals surface area contributed by atoms with Crippen molar-refractivity contribution in [2.24, 2.45) is 0 Å². The number of nitrogens with two attached hydrogens (primary N) is 1. The van der Waals surface area contributed by atoms with Crippen LogP contribution in [0.3, 0.4) is 0 Å². The Kier molecular flexibility index (Phi) is 2.75. The van der Waals surface area contributed by atoms with Crippen LogP contribution in [0, 0.1) is 0 Å². The van der Waals surface area contributed by atoms with Crippen LogP contribution in [-0.2, 0) is 0 Å². The standard InChI is InChI=1S/C15H12N6O/c16-15-18-11-6-7-22-13(11)14(20-15)19-12-8-21(9-17-12)10-4-2-1-3-5-10/h1-9H,(H3,16,18,19,20). The van der Waals surface area contributed by atoms with Gasteiger partial charge in [-0.25, -0.2) is 9.97 Å². The molecule has 3 N–H and O–H groups in total. The summed E-state index contributed by atoms with van der Waals surface area (Å²) >= 11 is 0. The highest BCUT2D eigenvalue weighted by Crippen LogP contribution is 2.24. The summed E-state index contributed by atoms with van der Waals surface area (Å²) in [4.78, 5) is 12.6. The number of aromatic nitrogens is 4. The number of rotatable bonds is 3. The van der Waals surface area contributed by atoms with Gasteiger partial charge < -0.3 is 20.0 Å². The maximum atomic E-state index is 5.70. The second-order valence-corrected chi connectivity index (χ2v) is 4.69. The normalized spacial score (nSPS) is 10.9. The van der Waals surface area contributed by atoms with Gasteiger partial charge in [0, 0.05) is 11.8 Å². The van der Waals surface area contributed by atoms with E-state index in [1.807, 2.05) is 41.1 Å². The summed E-state index contributed by atoms with van der Waals surface area (Å²) in [6.45, 7) is 0. The van der Waals surface area contributed by atoms with Crippen molar-refractivity contribution in [2.75, 3.05) is 11.1 Å². The predicted molar refractivity (Wildman–Crippen MR) is 83.1 cm³/mol. The van der Waals surface area contributed by atoms with E-state index in [4.69, 9.17) is 10.2 Å². The minimum atomic E-state index is 0.180. The van der Waals surface area contributed by atoms with Crippen molar-refractivity contribution in [3.8, 4) is 5.69 Å². The molecule has 0 fully saturated rings. The molecular formula is C15H12N6O. The molecule has 0 saturated heterocycles. The Morgan fingerprint density at radius 2 is 1.95 bits per heavy atom. The van der Waals surface area contributed by atoms with E-state index in [9.17, 15) is 0 Å². The van der Waals surface area contributed by atoms with Crippen LogP contribution >= 0.6 is 0 Å². The topological polar surface area (TPSA) is 94.8 Å². The molecule has 0 atom stereocenters. The molecule has 0 radical (unpaired) electrons. The first-order valence-electron chi connectivity index (χ1n) is 6.67. The number of benzene rings is 1. The number of nitrogens with one attached hydrogen (secondary N) is 1. The van der Waals surface area contributed by atoms with Crippen molar-refractivity contribution in [1.82, 2.24) is 19.5 Å². The number of imidazole rings is 1. The first kappa shape index (κ1) is 12.4. The van der Waals surface area contributed by atoms with Crippen LogP contribution in [0.15, 0.2) is 59.6 Å². The number of hydrogen-bond donors (Lipinski definition) is 2. The van der Waals surface area contributed by atoms with E-state index < -0.39 is 0 Å². The van der Waals surface area contributed by atoms with E-state index in [1.54, 1.807) is 18.7 Å². The van der Waals surface area contributed by atoms with Crippen molar-refractivity contribution in [3.63, 3.8) is 0 Å². The highest BCUT2D eigenvalue weighted by molar-refractivity contribution is 5.86. The van der Waals surface area contributed by atoms with Crippen LogP contribution in [0.5, 0.6) is 0 Å². The Bertz CT molecular complexity index is 928. The molecule has 0 aliphatic carbocycles. The number of fused-ring (bicyclic) bond motifs is 1. The average molecular weight is 292 g/mol. The SMILES string of the molecule is Nc1nc(Nc2cn(-c3ccccc3)cn2)c2occc2n1. The zero-order chi connectivity index (χ0) is 14.9. The summed E-state index contributed by atoms with van der Waals surface area (Å²) in [6.07, 6.45) is 5.14. The summed E-state index contributed by atoms with van der Waals surface area (Å²) < 4.78 is 7.30. The van der Waals surface area contributed by atoms with Gasteiger partial charge >= 0.3 is 0 Å². The molecule has 0 spiro atoms. The van der Waals surface area contributed by atoms with E-state index in [0.29, 0.717) is 22.7 Å². The van der Waals surface area contributed by atoms with Crippen molar-refractivity contribution in [2.45, 2.75) is 0 Å². The number of para-hydroxylation sites is 1. The fourth-order valence-corrected chi connectivity index (χ4v) is 2.22. The lowest BCUT2D eigenvalue weighted by molar-refractivity contribution is 0.615. The fourth-order valence-electron chi connectivity index (χ4n) is 2.22. The molecule has 0 aliphatic heterocycles. The molecule has 3 aromatic heterocycles. The number of nitrogen functional groups attached to an aromatic ring is 1. The van der Waals surface area contributed by atoms with Gasteiger partial charge in [0.2, 0.25) is 5.95 Å². The fraction of sp³-hybridized carbons (Fsp3) is 0. The van der Waals surface area contributed by atoms with Crippen molar-refractivity contribution < 1.29 is 4.42 Å². The van der Waals surface area contributed by atoms with E-state index in [-0.39, 0.29) is 5.95 Å². The molecule has 0 bridgehead atoms. The lowest BCUT2D eigenvalue weighted by Gasteiger charge is -2.03. The summed E-state index contributed by atoms with van der Waals surface area (Å²) in [5.74, 6) is 1.31. The maximum Gasteiger partial charge on any atom is 0.222 e. The molecule has 4 rings (SSSR count). The first-order valence-corrected chi connectivity index (χ1v) is 6.67. The van der Waals surface area contributed by atoms with Gasteiger partial charge in [-0.05, 0) is 12.1 Å². The molecule has 4 aromatic rings. The molecule has 22 heavy (non-hydrogen) atoms. The third kappa shape index (κ3) is 2.14. The zero-order valence-corrected chi connectivity index (χ0v) is 11.5. The second kappa shape index (κ2) is 4.88. The molecule has 0 saturated carbocycles. The summed E-state index contributed by atoms with van der Waals surface area (Å²) in [5, 5.41) is 3.11. The third-order valence-corrected chi connectivity index (χ3v) is 3.20. The van der Waals surface area contributed by atoms with Gasteiger partial charge in [0.15, 0.2) is 11.4 Å². The van der Waals surface area contributed by atoms with E-state index in [1.165, 1.54) is 0 Å². The van der Waals surface area contributed by atoms with Crippen molar-refractivity contribution >= 4 is 28.7 Å². The molecule has 0 amide bonds. The highest BCUT2D eigenvalue weighted by Gasteiger charge is 2.11. The minimum absolute atomic E-state index is 0.180. The molecule has 108 valence electrons. The van der Waals surface area contributed by atoms with Gasteiger partial charge in [-0.2, -0.15) is 4.98 Å². The first-order chi connectivity index (χ1) is 10.8. The maximum absolute atomic E-state index is 5.70. The average Bonchev–Trinajstić information content (AvgIpc) is 3.17. The summed E-state index contributed by atoms with van der Waals surface area (Å²) in [5.41, 5.74) is 7.92. The minimum Gasteiger partial charge on any atom is -0.459 e. The van der Waals surface area contributed by atoms with E-state index >= 15 is 0 Å². The van der Waals surface area contributed by atoms with Crippen LogP contribution in [0.4, 0.5) is 17.6 Å². The number of hydrogen-bond acceptors (Lipinski definition) is 6. The Balaban J connectivity index is 1.69. The monoisotopic (exact) mass is 292 g/mol. The van der Waals surface area contributed by atoms with Gasteiger partial charge in [0.05, 0.1) is 12.5 Å². The van der Waals surface area contributed by atoms with Gasteiger partial charge in [-0.3, -0.25) is 0 Å². The lowest BCUT2D eigenvalue weighted by atomic mass is 10.3. The van der Waals surface area contributed by atoms with Gasteiger partial charge in [-0.1, -0.05) is 18.2 Å². The molecule has 0 unspecified atom stereocenters. The predicted octanol–water partition coefficient (Wildman–Crippen LogP) is 2.73. The van der Waals surface area contributed by atoms with Crippen molar-refractivity contribution in [3.05, 3.63) is 55.2 Å². The summed E-state index contributed by atoms with van der Waals surface area (Å²) in [7, 11) is 0. The third-order valence-electron chi connectivity index (χ3n) is 3.20. The highest BCUT2D eigenvalue weighted by atomic mass is 16.3. The Hall–Kier alpha value is -3.35. The quantitative estimate of drug-likeness (QED) is 0.603. The van der Waals surface area contributed by atoms with Crippen LogP contribution in [-0.4, -0.2) is 19.5 Å². The second-order valence-electron chi connectivity index (χ2n) is 4.69. The van der Waals surface area contributed by atoms with E-state index in [2.05, 4.69) is 20.3 Å². The molecule has 1 aromatic carbocycles. The van der Waals surface area contributed by atoms with E-state index in [0.717, 1.165) is 5.69 Å². The number of nitrogens with zero attached hydrogens (tertiary/aromatic N) is 4. The van der Waals surface area contributed by atoms with Gasteiger partial charge in [0.25, 0.3) is 0 Å². The van der Waals surface area contributed by atoms with Crippen LogP contribution in [0.25, 0.3) is 16.8 Å². The smallest absolute Gasteiger partial charge is 0.222 e. The molecule has 7 heteroatoms. The van der Waals surface area contributed by atoms with Gasteiger partial charge in [0.1, 0.15) is 17.7 Å². The van der Waals surface area contributed by atoms with Crippen LogP contribution in [0.2, 0.25) is 0 Å². The zero-order valence-electron chi connectivity index (χ0n) is 11.5. The summed E-state index contributed by atoms with van der Waals surface area (Å²) in [6, 6.07) is 11.6. The number of furan rings is 1. The van der Waals surface area contributed by atoms with Crippen molar-refractivity contribution in [1.29, 1.82) is 0 Å². The van der Waals surface area contributed by atoms with Crippen LogP contribution in [0.1, 0.15) is 0 Å². The van der Waals surface area contributed by atoms with Crippen LogP contribution < -0.4 is 11.1 Å². The number of anilines is 3. The molecule has 7 nitrogen and oxygen atoms in total. The van der Waals surface area contributed by atoms with Gasteiger partial charge in [-0.15, -0.1) is 0 Å². The lowest BCUT2D eigenvalue weighted by Crippen LogP contribution is -2.00. The Morgan fingerprint density at radius 3 is 2.82 bits per heavy atom.